The Bertz CT molecular complexity index is 757. The van der Waals surface area contributed by atoms with Gasteiger partial charge in [-0.1, -0.05) is 24.3 Å². The molecule has 2 aromatic heterocycles. The SMILES string of the molecule is OC(O)c1cc[n+](Cc2ccc(C[n+]3ccc(C(O)O)cc3)cc2)cc1. The summed E-state index contributed by atoms with van der Waals surface area (Å²) >= 11 is 0. The van der Waals surface area contributed by atoms with Gasteiger partial charge >= 0.3 is 0 Å². The fraction of sp³-hybridized carbons (Fsp3) is 0.200. The van der Waals surface area contributed by atoms with Gasteiger partial charge < -0.3 is 20.4 Å². The average molecular weight is 354 g/mol. The second-order valence-corrected chi connectivity index (χ2v) is 6.17. The molecule has 0 spiro atoms. The number of nitrogens with zero attached hydrogens (tertiary/aromatic N) is 2. The number of aromatic nitrogens is 2. The second-order valence-electron chi connectivity index (χ2n) is 6.17. The molecule has 0 amide bonds. The lowest BCUT2D eigenvalue weighted by atomic mass is 10.1. The van der Waals surface area contributed by atoms with Crippen LogP contribution in [0.1, 0.15) is 34.8 Å². The van der Waals surface area contributed by atoms with Gasteiger partial charge in [-0.05, 0) is 0 Å². The molecule has 3 rings (SSSR count). The Hall–Kier alpha value is -2.64. The predicted octanol–water partition coefficient (Wildman–Crippen LogP) is 0.325. The zero-order chi connectivity index (χ0) is 18.5. The van der Waals surface area contributed by atoms with E-state index in [0.717, 1.165) is 11.1 Å². The molecule has 0 aliphatic carbocycles. The Labute approximate surface area is 151 Å². The van der Waals surface area contributed by atoms with Crippen LogP contribution in [0, 0.1) is 0 Å². The normalized spacial score (nSPS) is 11.3. The van der Waals surface area contributed by atoms with Crippen molar-refractivity contribution in [2.24, 2.45) is 0 Å². The largest absolute Gasteiger partial charge is 0.364 e. The summed E-state index contributed by atoms with van der Waals surface area (Å²) in [6.07, 6.45) is 4.36. The maximum atomic E-state index is 9.12. The number of hydrogen-bond donors (Lipinski definition) is 4. The molecule has 0 aliphatic rings. The van der Waals surface area contributed by atoms with Crippen molar-refractivity contribution in [3.05, 3.63) is 95.6 Å². The van der Waals surface area contributed by atoms with Crippen LogP contribution < -0.4 is 9.13 Å². The highest BCUT2D eigenvalue weighted by Gasteiger charge is 2.09. The second kappa shape index (κ2) is 8.16. The Kier molecular flexibility index (Phi) is 5.70. The third kappa shape index (κ3) is 4.71. The van der Waals surface area contributed by atoms with Gasteiger partial charge in [-0.15, -0.1) is 0 Å². The third-order valence-electron chi connectivity index (χ3n) is 4.18. The lowest BCUT2D eigenvalue weighted by Crippen LogP contribution is -2.34. The zero-order valence-electron chi connectivity index (χ0n) is 14.2. The van der Waals surface area contributed by atoms with Crippen LogP contribution in [0.4, 0.5) is 0 Å². The van der Waals surface area contributed by atoms with Crippen molar-refractivity contribution in [2.45, 2.75) is 25.7 Å². The minimum atomic E-state index is -1.45. The van der Waals surface area contributed by atoms with Crippen LogP contribution in [-0.2, 0) is 13.1 Å². The van der Waals surface area contributed by atoms with Crippen molar-refractivity contribution in [3.8, 4) is 0 Å². The van der Waals surface area contributed by atoms with E-state index >= 15 is 0 Å². The van der Waals surface area contributed by atoms with Crippen LogP contribution in [0.3, 0.4) is 0 Å². The molecule has 4 N–H and O–H groups in total. The number of rotatable bonds is 6. The van der Waals surface area contributed by atoms with E-state index in [1.165, 1.54) is 0 Å². The maximum Gasteiger partial charge on any atom is 0.178 e. The summed E-state index contributed by atoms with van der Waals surface area (Å²) in [6, 6.07) is 15.0. The first-order valence-corrected chi connectivity index (χ1v) is 8.29. The van der Waals surface area contributed by atoms with E-state index in [4.69, 9.17) is 20.4 Å². The third-order valence-corrected chi connectivity index (χ3v) is 4.18. The number of aliphatic hydroxyl groups excluding tert-OH is 2. The predicted molar refractivity (Wildman–Crippen MR) is 92.3 cm³/mol. The fourth-order valence-electron chi connectivity index (χ4n) is 2.66. The molecule has 6 heteroatoms. The molecule has 0 unspecified atom stereocenters. The number of pyridine rings is 2. The number of aliphatic hydroxyl groups is 4. The Balaban J connectivity index is 1.62. The highest BCUT2D eigenvalue weighted by atomic mass is 16.5. The van der Waals surface area contributed by atoms with Crippen LogP contribution in [0.25, 0.3) is 0 Å². The molecule has 0 saturated heterocycles. The Morgan fingerprint density at radius 1 is 0.538 bits per heavy atom. The highest BCUT2D eigenvalue weighted by Crippen LogP contribution is 2.08. The van der Waals surface area contributed by atoms with E-state index in [2.05, 4.69) is 24.3 Å². The first-order chi connectivity index (χ1) is 12.5. The zero-order valence-corrected chi connectivity index (χ0v) is 14.2. The smallest absolute Gasteiger partial charge is 0.178 e. The molecule has 0 radical (unpaired) electrons. The highest BCUT2D eigenvalue weighted by molar-refractivity contribution is 5.21. The van der Waals surface area contributed by atoms with Gasteiger partial charge in [0.05, 0.1) is 0 Å². The molecule has 26 heavy (non-hydrogen) atoms. The molecular weight excluding hydrogens is 332 g/mol. The summed E-state index contributed by atoms with van der Waals surface area (Å²) in [4.78, 5) is 0. The van der Waals surface area contributed by atoms with Gasteiger partial charge in [0.2, 0.25) is 0 Å². The molecule has 3 aromatic rings. The average Bonchev–Trinajstić information content (AvgIpc) is 2.64. The van der Waals surface area contributed by atoms with Crippen molar-refractivity contribution < 1.29 is 29.6 Å². The van der Waals surface area contributed by atoms with Gasteiger partial charge in [-0.25, -0.2) is 9.13 Å². The number of hydrogen-bond acceptors (Lipinski definition) is 4. The first kappa shape index (κ1) is 18.2. The summed E-state index contributed by atoms with van der Waals surface area (Å²) in [5.41, 5.74) is 3.21. The fourth-order valence-corrected chi connectivity index (χ4v) is 2.66. The van der Waals surface area contributed by atoms with Gasteiger partial charge in [-0.2, -0.15) is 0 Å². The van der Waals surface area contributed by atoms with E-state index in [9.17, 15) is 0 Å². The van der Waals surface area contributed by atoms with E-state index in [1.54, 1.807) is 24.3 Å². The summed E-state index contributed by atoms with van der Waals surface area (Å²) in [7, 11) is 0. The van der Waals surface area contributed by atoms with Crippen molar-refractivity contribution in [2.75, 3.05) is 0 Å². The topological polar surface area (TPSA) is 88.7 Å². The van der Waals surface area contributed by atoms with E-state index in [0.29, 0.717) is 24.2 Å². The molecule has 0 fully saturated rings. The Morgan fingerprint density at radius 2 is 0.846 bits per heavy atom. The quantitative estimate of drug-likeness (QED) is 0.379. The van der Waals surface area contributed by atoms with Crippen LogP contribution in [0.5, 0.6) is 0 Å². The van der Waals surface area contributed by atoms with Crippen molar-refractivity contribution in [3.63, 3.8) is 0 Å². The standard InChI is InChI=1S/C20H22N2O4/c23-19(24)17-5-9-21(10-6-17)13-15-1-2-16(4-3-15)14-22-11-7-18(8-12-22)20(25)26/h1-12,19-20,23-26H,13-14H2/q+2. The van der Waals surface area contributed by atoms with Gasteiger partial charge in [0, 0.05) is 46.5 Å². The van der Waals surface area contributed by atoms with Crippen LogP contribution in [0.15, 0.2) is 73.3 Å². The van der Waals surface area contributed by atoms with Gasteiger partial charge in [0.1, 0.15) is 0 Å². The van der Waals surface area contributed by atoms with Crippen LogP contribution in [0.2, 0.25) is 0 Å². The maximum absolute atomic E-state index is 9.12. The van der Waals surface area contributed by atoms with Crippen LogP contribution in [-0.4, -0.2) is 20.4 Å². The van der Waals surface area contributed by atoms with Gasteiger partial charge in [0.15, 0.2) is 50.5 Å². The molecule has 1 aromatic carbocycles. The van der Waals surface area contributed by atoms with Crippen molar-refractivity contribution >= 4 is 0 Å². The molecule has 2 heterocycles. The molecule has 6 nitrogen and oxygen atoms in total. The molecule has 0 bridgehead atoms. The molecule has 0 saturated carbocycles. The van der Waals surface area contributed by atoms with Crippen molar-refractivity contribution in [1.82, 2.24) is 0 Å². The molecule has 0 aliphatic heterocycles. The lowest BCUT2D eigenvalue weighted by molar-refractivity contribution is -0.689. The first-order valence-electron chi connectivity index (χ1n) is 8.29. The Morgan fingerprint density at radius 3 is 1.12 bits per heavy atom. The minimum absolute atomic E-state index is 0.466. The van der Waals surface area contributed by atoms with E-state index < -0.39 is 12.6 Å². The summed E-state index contributed by atoms with van der Waals surface area (Å²) < 4.78 is 3.93. The van der Waals surface area contributed by atoms with Gasteiger partial charge in [0.25, 0.3) is 0 Å². The van der Waals surface area contributed by atoms with Gasteiger partial charge in [-0.3, -0.25) is 0 Å². The number of benzene rings is 1. The van der Waals surface area contributed by atoms with Crippen molar-refractivity contribution in [1.29, 1.82) is 0 Å². The van der Waals surface area contributed by atoms with E-state index in [1.807, 2.05) is 33.9 Å². The lowest BCUT2D eigenvalue weighted by Gasteiger charge is -2.04. The minimum Gasteiger partial charge on any atom is -0.364 e. The van der Waals surface area contributed by atoms with E-state index in [-0.39, 0.29) is 0 Å². The summed E-state index contributed by atoms with van der Waals surface area (Å²) in [5, 5.41) is 36.5. The molecular formula is C20H22N2O4+2. The molecule has 0 atom stereocenters. The summed E-state index contributed by atoms with van der Waals surface area (Å²) in [6.45, 7) is 1.39. The molecule has 134 valence electrons. The monoisotopic (exact) mass is 354 g/mol. The summed E-state index contributed by atoms with van der Waals surface area (Å²) in [5.74, 6) is 0. The van der Waals surface area contributed by atoms with Crippen LogP contribution >= 0.6 is 0 Å².